The molecule has 0 spiro atoms. The molecule has 2 aromatic carbocycles. The molecule has 1 heterocycles. The van der Waals surface area contributed by atoms with Gasteiger partial charge in [-0.05, 0) is 61.1 Å². The number of hydrogen-bond donors (Lipinski definition) is 1. The highest BCUT2D eigenvalue weighted by atomic mass is 35.5. The van der Waals surface area contributed by atoms with Crippen molar-refractivity contribution >= 4 is 11.6 Å². The monoisotopic (exact) mass is 592 g/mol. The van der Waals surface area contributed by atoms with E-state index in [1.54, 1.807) is 20.3 Å². The van der Waals surface area contributed by atoms with Crippen molar-refractivity contribution in [2.45, 2.75) is 96.2 Å². The molecular formula is C33H49ClO7. The SMILES string of the molecule is CCCCOC[C@H]1O[C@@H](c2cc(Cc3ccc(OC)cc3)c(Cl)cc2OC)[C@H](O)[C@@H](OCCCC)[C@@H]1OCCCC. The van der Waals surface area contributed by atoms with Crippen LogP contribution in [0.25, 0.3) is 0 Å². The number of hydrogen-bond acceptors (Lipinski definition) is 7. The molecule has 1 fully saturated rings. The van der Waals surface area contributed by atoms with Crippen LogP contribution in [0.5, 0.6) is 11.5 Å². The Morgan fingerprint density at radius 2 is 1.46 bits per heavy atom. The third-order valence-corrected chi connectivity index (χ3v) is 7.81. The zero-order chi connectivity index (χ0) is 29.6. The van der Waals surface area contributed by atoms with Crippen LogP contribution < -0.4 is 9.47 Å². The van der Waals surface area contributed by atoms with E-state index >= 15 is 0 Å². The fraction of sp³-hybridized carbons (Fsp3) is 0.636. The van der Waals surface area contributed by atoms with E-state index in [1.165, 1.54) is 0 Å². The maximum absolute atomic E-state index is 11.8. The summed E-state index contributed by atoms with van der Waals surface area (Å²) in [4.78, 5) is 0. The molecule has 3 rings (SSSR count). The Morgan fingerprint density at radius 3 is 2.07 bits per heavy atom. The van der Waals surface area contributed by atoms with Gasteiger partial charge in [-0.3, -0.25) is 0 Å². The number of rotatable bonds is 18. The average molecular weight is 593 g/mol. The first-order valence-electron chi connectivity index (χ1n) is 15.1. The summed E-state index contributed by atoms with van der Waals surface area (Å²) >= 11 is 6.73. The maximum atomic E-state index is 11.8. The normalized spacial score (nSPS) is 22.6. The van der Waals surface area contributed by atoms with Crippen LogP contribution in [0.4, 0.5) is 0 Å². The fourth-order valence-electron chi connectivity index (χ4n) is 5.00. The first kappa shape index (κ1) is 33.6. The van der Waals surface area contributed by atoms with Crippen molar-refractivity contribution in [3.05, 3.63) is 58.1 Å². The zero-order valence-corrected chi connectivity index (χ0v) is 26.2. The third-order valence-electron chi connectivity index (χ3n) is 7.46. The van der Waals surface area contributed by atoms with Crippen LogP contribution in [-0.4, -0.2) is 70.2 Å². The van der Waals surface area contributed by atoms with Gasteiger partial charge in [0.25, 0.3) is 0 Å². The second-order valence-corrected chi connectivity index (χ2v) is 11.0. The summed E-state index contributed by atoms with van der Waals surface area (Å²) in [7, 11) is 3.25. The highest BCUT2D eigenvalue weighted by Gasteiger charge is 2.48. The summed E-state index contributed by atoms with van der Waals surface area (Å²) in [6, 6.07) is 11.7. The molecule has 1 saturated heterocycles. The lowest BCUT2D eigenvalue weighted by atomic mass is 9.89. The molecule has 1 aliphatic heterocycles. The van der Waals surface area contributed by atoms with Crippen LogP contribution in [0.1, 0.15) is 82.1 Å². The van der Waals surface area contributed by atoms with Gasteiger partial charge in [0.2, 0.25) is 0 Å². The van der Waals surface area contributed by atoms with E-state index in [4.69, 9.17) is 40.0 Å². The largest absolute Gasteiger partial charge is 0.497 e. The maximum Gasteiger partial charge on any atom is 0.126 e. The Morgan fingerprint density at radius 1 is 0.829 bits per heavy atom. The first-order valence-corrected chi connectivity index (χ1v) is 15.5. The number of methoxy groups -OCH3 is 2. The predicted molar refractivity (Wildman–Crippen MR) is 162 cm³/mol. The quantitative estimate of drug-likeness (QED) is 0.188. The molecule has 1 aliphatic rings. The third kappa shape index (κ3) is 9.57. The van der Waals surface area contributed by atoms with Crippen LogP contribution in [0.2, 0.25) is 5.02 Å². The molecule has 0 bridgehead atoms. The molecule has 0 radical (unpaired) electrons. The molecule has 1 N–H and O–H groups in total. The van der Waals surface area contributed by atoms with Gasteiger partial charge in [0.15, 0.2) is 0 Å². The van der Waals surface area contributed by atoms with Crippen molar-refractivity contribution in [2.75, 3.05) is 40.6 Å². The van der Waals surface area contributed by atoms with Gasteiger partial charge in [-0.15, -0.1) is 0 Å². The van der Waals surface area contributed by atoms with Gasteiger partial charge in [-0.2, -0.15) is 0 Å². The number of aliphatic hydroxyl groups excluding tert-OH is 1. The van der Waals surface area contributed by atoms with Gasteiger partial charge < -0.3 is 33.5 Å². The van der Waals surface area contributed by atoms with Crippen LogP contribution in [-0.2, 0) is 25.4 Å². The molecule has 5 atom stereocenters. The van der Waals surface area contributed by atoms with Gasteiger partial charge in [0, 0.05) is 30.4 Å². The standard InChI is InChI=1S/C33H49ClO7/c1-6-9-16-38-22-29-32(39-17-10-7-2)33(40-18-11-8-3)30(35)31(41-29)26-20-24(27(34)21-28(26)37-5)19-23-12-14-25(36-4)15-13-23/h12-15,20-21,29-33,35H,6-11,16-19,22H2,1-5H3/t29-,30+,31+,32-,33-/m1/s1. The van der Waals surface area contributed by atoms with E-state index in [0.29, 0.717) is 43.6 Å². The molecule has 230 valence electrons. The average Bonchev–Trinajstić information content (AvgIpc) is 2.98. The van der Waals surface area contributed by atoms with Crippen LogP contribution in [0, 0.1) is 0 Å². The Kier molecular flexibility index (Phi) is 14.7. The Bertz CT molecular complexity index is 1020. The summed E-state index contributed by atoms with van der Waals surface area (Å²) in [6.07, 6.45) is 3.28. The molecule has 0 aromatic heterocycles. The molecule has 0 saturated carbocycles. The second-order valence-electron chi connectivity index (χ2n) is 10.6. The molecule has 8 heteroatoms. The van der Waals surface area contributed by atoms with E-state index in [2.05, 4.69) is 20.8 Å². The number of benzene rings is 2. The number of aliphatic hydroxyl groups is 1. The molecule has 0 amide bonds. The first-order chi connectivity index (χ1) is 20.0. The molecule has 0 unspecified atom stereocenters. The Hall–Kier alpha value is -1.87. The molecule has 2 aromatic rings. The summed E-state index contributed by atoms with van der Waals surface area (Å²) in [5.41, 5.74) is 2.72. The lowest BCUT2D eigenvalue weighted by Gasteiger charge is -2.45. The van der Waals surface area contributed by atoms with Crippen molar-refractivity contribution in [3.63, 3.8) is 0 Å². The van der Waals surface area contributed by atoms with E-state index < -0.39 is 30.5 Å². The number of halogens is 1. The van der Waals surface area contributed by atoms with E-state index in [1.807, 2.05) is 30.3 Å². The fourth-order valence-corrected chi connectivity index (χ4v) is 5.22. The minimum absolute atomic E-state index is 0.349. The minimum atomic E-state index is -0.978. The summed E-state index contributed by atoms with van der Waals surface area (Å²) in [5, 5.41) is 12.4. The minimum Gasteiger partial charge on any atom is -0.497 e. The zero-order valence-electron chi connectivity index (χ0n) is 25.4. The summed E-state index contributed by atoms with van der Waals surface area (Å²) in [5.74, 6) is 1.35. The highest BCUT2D eigenvalue weighted by molar-refractivity contribution is 6.31. The lowest BCUT2D eigenvalue weighted by molar-refractivity contribution is -0.258. The summed E-state index contributed by atoms with van der Waals surface area (Å²) < 4.78 is 36.4. The highest BCUT2D eigenvalue weighted by Crippen LogP contribution is 2.41. The van der Waals surface area contributed by atoms with Crippen LogP contribution in [0.15, 0.2) is 36.4 Å². The van der Waals surface area contributed by atoms with Gasteiger partial charge in [0.05, 0.1) is 20.8 Å². The number of ether oxygens (including phenoxy) is 6. The molecular weight excluding hydrogens is 544 g/mol. The van der Waals surface area contributed by atoms with Crippen molar-refractivity contribution < 1.29 is 33.5 Å². The summed E-state index contributed by atoms with van der Waals surface area (Å²) in [6.45, 7) is 8.47. The van der Waals surface area contributed by atoms with Crippen LogP contribution in [0.3, 0.4) is 0 Å². The van der Waals surface area contributed by atoms with E-state index in [-0.39, 0.29) is 0 Å². The van der Waals surface area contributed by atoms with Crippen molar-refractivity contribution in [1.29, 1.82) is 0 Å². The lowest BCUT2D eigenvalue weighted by Crippen LogP contribution is -2.57. The topological polar surface area (TPSA) is 75.6 Å². The van der Waals surface area contributed by atoms with Gasteiger partial charge in [-0.25, -0.2) is 0 Å². The molecule has 41 heavy (non-hydrogen) atoms. The smallest absolute Gasteiger partial charge is 0.126 e. The Balaban J connectivity index is 1.96. The van der Waals surface area contributed by atoms with Gasteiger partial charge in [0.1, 0.15) is 42.0 Å². The van der Waals surface area contributed by atoms with E-state index in [9.17, 15) is 5.11 Å². The van der Waals surface area contributed by atoms with Gasteiger partial charge in [-0.1, -0.05) is 63.8 Å². The molecule has 7 nitrogen and oxygen atoms in total. The van der Waals surface area contributed by atoms with Gasteiger partial charge >= 0.3 is 0 Å². The van der Waals surface area contributed by atoms with E-state index in [0.717, 1.165) is 61.0 Å². The van der Waals surface area contributed by atoms with Crippen LogP contribution >= 0.6 is 11.6 Å². The van der Waals surface area contributed by atoms with Crippen molar-refractivity contribution in [2.24, 2.45) is 0 Å². The number of unbranched alkanes of at least 4 members (excludes halogenated alkanes) is 3. The Labute approximate surface area is 251 Å². The predicted octanol–water partition coefficient (Wildman–Crippen LogP) is 6.94. The molecule has 0 aliphatic carbocycles. The van der Waals surface area contributed by atoms with Crippen molar-refractivity contribution in [1.82, 2.24) is 0 Å². The second kappa shape index (κ2) is 17.9. The van der Waals surface area contributed by atoms with Crippen molar-refractivity contribution in [3.8, 4) is 11.5 Å².